The van der Waals surface area contributed by atoms with E-state index in [1.807, 2.05) is 91.0 Å². The number of carbonyl (C=O) groups excluding carboxylic acids is 5. The molecule has 0 unspecified atom stereocenters. The highest BCUT2D eigenvalue weighted by Gasteiger charge is 2.49. The van der Waals surface area contributed by atoms with Crippen LogP contribution in [0.5, 0.6) is 0 Å². The maximum absolute atomic E-state index is 14.4. The Morgan fingerprint density at radius 2 is 1.31 bits per heavy atom. The van der Waals surface area contributed by atoms with E-state index in [-0.39, 0.29) is 52.3 Å². The molecule has 2 saturated heterocycles. The van der Waals surface area contributed by atoms with Gasteiger partial charge in [-0.05, 0) is 53.7 Å². The highest BCUT2D eigenvalue weighted by molar-refractivity contribution is 6.04. The summed E-state index contributed by atoms with van der Waals surface area (Å²) >= 11 is 0. The molecule has 0 aliphatic carbocycles. The van der Waals surface area contributed by atoms with E-state index < -0.39 is 78.3 Å². The van der Waals surface area contributed by atoms with Crippen LogP contribution in [-0.2, 0) is 78.4 Å². The Kier molecular flexibility index (Phi) is 18.0. The summed E-state index contributed by atoms with van der Waals surface area (Å²) in [7, 11) is 1.46. The van der Waals surface area contributed by atoms with Crippen molar-refractivity contribution >= 4 is 29.5 Å². The SMILES string of the molecule is CO[C@H]1O[C@H](CO)[C@@H](OCc2ccccc2)[C@H](OCc2ccccc2)[C@@H]1OCCCC(=O)C=CC(=O)[C@H](OC(C)=O)[C@H](Cc1ccccc1)C(=O)N1C(=O)OC[C@H]1Cc1ccccc1. The Bertz CT molecular complexity index is 2140. The van der Waals surface area contributed by atoms with Gasteiger partial charge in [-0.3, -0.25) is 19.2 Å². The number of rotatable bonds is 23. The first-order valence-electron chi connectivity index (χ1n) is 21.4. The minimum Gasteiger partial charge on any atom is -0.453 e. The number of esters is 1. The maximum atomic E-state index is 14.4. The van der Waals surface area contributed by atoms with Gasteiger partial charge in [-0.15, -0.1) is 0 Å². The van der Waals surface area contributed by atoms with E-state index in [9.17, 15) is 29.1 Å². The van der Waals surface area contributed by atoms with Crippen LogP contribution >= 0.6 is 0 Å². The summed E-state index contributed by atoms with van der Waals surface area (Å²) in [5.74, 6) is -4.13. The number of ether oxygens (including phenoxy) is 7. The molecule has 14 nitrogen and oxygen atoms in total. The molecule has 2 fully saturated rings. The van der Waals surface area contributed by atoms with Crippen LogP contribution in [0.1, 0.15) is 42.0 Å². The second kappa shape index (κ2) is 24.3. The normalized spacial score (nSPS) is 21.9. The van der Waals surface area contributed by atoms with E-state index >= 15 is 0 Å². The monoisotopic (exact) mass is 877 g/mol. The van der Waals surface area contributed by atoms with Crippen molar-refractivity contribution in [3.8, 4) is 0 Å². The lowest BCUT2D eigenvalue weighted by Gasteiger charge is -2.45. The lowest BCUT2D eigenvalue weighted by molar-refractivity contribution is -0.319. The third kappa shape index (κ3) is 13.3. The molecule has 0 spiro atoms. The van der Waals surface area contributed by atoms with Gasteiger partial charge in [0.2, 0.25) is 5.91 Å². The number of nitrogens with zero attached hydrogens (tertiary/aromatic N) is 1. The molecule has 4 aromatic rings. The van der Waals surface area contributed by atoms with Gasteiger partial charge in [0.15, 0.2) is 24.0 Å². The smallest absolute Gasteiger partial charge is 0.416 e. The molecule has 14 heteroatoms. The fraction of sp³-hybridized carbons (Fsp3) is 0.380. The van der Waals surface area contributed by atoms with Gasteiger partial charge in [-0.1, -0.05) is 121 Å². The molecule has 64 heavy (non-hydrogen) atoms. The standard InChI is InChI=1S/C50H55NO13/c1-34(53)63-44(41(29-36-18-9-4-10-19-36)48(56)51-39(33-62-50(51)57)28-35-16-7-3-8-17-35)42(55)26-25-40(54)24-15-27-59-47-46(61-32-38-22-13-6-14-23-38)45(43(30-52)64-49(47)58-2)60-31-37-20-11-5-12-21-37/h3-14,16-23,25-26,39,41,43-47,49,52H,15,24,27-33H2,1-2H3/t39-,41+,43-,44-,45-,46+,47+,49+/m1/s1. The van der Waals surface area contributed by atoms with E-state index in [1.54, 1.807) is 30.3 Å². The Morgan fingerprint density at radius 1 is 0.750 bits per heavy atom. The van der Waals surface area contributed by atoms with E-state index in [1.165, 1.54) is 7.11 Å². The van der Waals surface area contributed by atoms with E-state index in [2.05, 4.69) is 0 Å². The van der Waals surface area contributed by atoms with E-state index in [0.717, 1.165) is 40.7 Å². The zero-order valence-electron chi connectivity index (χ0n) is 36.0. The van der Waals surface area contributed by atoms with Gasteiger partial charge in [0, 0.05) is 27.1 Å². The predicted molar refractivity (Wildman–Crippen MR) is 232 cm³/mol. The van der Waals surface area contributed by atoms with Crippen molar-refractivity contribution in [3.05, 3.63) is 156 Å². The second-order valence-electron chi connectivity index (χ2n) is 15.6. The zero-order valence-corrected chi connectivity index (χ0v) is 36.0. The number of ketones is 2. The van der Waals surface area contributed by atoms with Crippen LogP contribution in [0.15, 0.2) is 133 Å². The van der Waals surface area contributed by atoms with Crippen LogP contribution < -0.4 is 0 Å². The van der Waals surface area contributed by atoms with Crippen LogP contribution in [0.25, 0.3) is 0 Å². The molecule has 1 N–H and O–H groups in total. The van der Waals surface area contributed by atoms with Crippen molar-refractivity contribution in [2.75, 3.05) is 26.9 Å². The molecule has 0 aromatic heterocycles. The number of cyclic esters (lactones) is 1. The Morgan fingerprint density at radius 3 is 1.88 bits per heavy atom. The predicted octanol–water partition coefficient (Wildman–Crippen LogP) is 5.76. The molecular formula is C50H55NO13. The van der Waals surface area contributed by atoms with Crippen LogP contribution in [0.2, 0.25) is 0 Å². The van der Waals surface area contributed by atoms with Gasteiger partial charge in [0.1, 0.15) is 31.0 Å². The highest BCUT2D eigenvalue weighted by atomic mass is 16.7. The number of aliphatic hydroxyl groups excluding tert-OH is 1. The topological polar surface area (TPSA) is 173 Å². The van der Waals surface area contributed by atoms with Gasteiger partial charge < -0.3 is 38.3 Å². The Balaban J connectivity index is 1.13. The van der Waals surface area contributed by atoms with Gasteiger partial charge in [-0.2, -0.15) is 0 Å². The number of aliphatic hydroxyl groups is 1. The van der Waals surface area contributed by atoms with Gasteiger partial charge in [0.05, 0.1) is 31.8 Å². The summed E-state index contributed by atoms with van der Waals surface area (Å²) < 4.78 is 41.8. The number of amides is 2. The fourth-order valence-electron chi connectivity index (χ4n) is 7.79. The molecule has 6 rings (SSSR count). The molecule has 0 bridgehead atoms. The molecule has 4 aromatic carbocycles. The summed E-state index contributed by atoms with van der Waals surface area (Å²) in [4.78, 5) is 68.1. The fourth-order valence-corrected chi connectivity index (χ4v) is 7.79. The third-order valence-electron chi connectivity index (χ3n) is 11.0. The van der Waals surface area contributed by atoms with Crippen LogP contribution in [0.4, 0.5) is 4.79 Å². The van der Waals surface area contributed by atoms with Crippen LogP contribution in [0.3, 0.4) is 0 Å². The second-order valence-corrected chi connectivity index (χ2v) is 15.6. The Labute approximate surface area is 373 Å². The Hall–Kier alpha value is -5.87. The number of hydrogen-bond donors (Lipinski definition) is 1. The first-order valence-corrected chi connectivity index (χ1v) is 21.4. The average molecular weight is 878 g/mol. The first-order chi connectivity index (χ1) is 31.1. The van der Waals surface area contributed by atoms with Crippen molar-refractivity contribution in [3.63, 3.8) is 0 Å². The number of imide groups is 1. The molecule has 2 heterocycles. The maximum Gasteiger partial charge on any atom is 0.416 e. The van der Waals surface area contributed by atoms with Crippen molar-refractivity contribution in [2.24, 2.45) is 5.92 Å². The molecule has 0 radical (unpaired) electrons. The number of carbonyl (C=O) groups is 5. The minimum absolute atomic E-state index is 0.0386. The summed E-state index contributed by atoms with van der Waals surface area (Å²) in [5.41, 5.74) is 3.36. The molecule has 2 aliphatic rings. The van der Waals surface area contributed by atoms with Gasteiger partial charge in [-0.25, -0.2) is 9.69 Å². The van der Waals surface area contributed by atoms with Crippen LogP contribution in [0, 0.1) is 5.92 Å². The number of hydrogen-bond acceptors (Lipinski definition) is 13. The van der Waals surface area contributed by atoms with Crippen LogP contribution in [-0.4, -0.2) is 109 Å². The minimum atomic E-state index is -1.66. The van der Waals surface area contributed by atoms with Crippen molar-refractivity contribution in [2.45, 2.75) is 88.7 Å². The molecular weight excluding hydrogens is 823 g/mol. The third-order valence-corrected chi connectivity index (χ3v) is 11.0. The van der Waals surface area contributed by atoms with Gasteiger partial charge >= 0.3 is 12.1 Å². The van der Waals surface area contributed by atoms with E-state index in [4.69, 9.17) is 33.2 Å². The first kappa shape index (κ1) is 47.6. The number of benzene rings is 4. The van der Waals surface area contributed by atoms with Crippen molar-refractivity contribution in [1.29, 1.82) is 0 Å². The summed E-state index contributed by atoms with van der Waals surface area (Å²) in [6.07, 6.45) is -4.07. The lowest BCUT2D eigenvalue weighted by atomic mass is 9.89. The average Bonchev–Trinajstić information content (AvgIpc) is 3.68. The van der Waals surface area contributed by atoms with Crippen molar-refractivity contribution < 1.29 is 62.2 Å². The van der Waals surface area contributed by atoms with Gasteiger partial charge in [0.25, 0.3) is 0 Å². The summed E-state index contributed by atoms with van der Waals surface area (Å²) in [6, 6.07) is 36.6. The molecule has 0 saturated carbocycles. The quantitative estimate of drug-likeness (QED) is 0.0542. The summed E-state index contributed by atoms with van der Waals surface area (Å²) in [5, 5.41) is 10.4. The largest absolute Gasteiger partial charge is 0.453 e. The lowest BCUT2D eigenvalue weighted by Crippen LogP contribution is -2.61. The zero-order chi connectivity index (χ0) is 45.3. The van der Waals surface area contributed by atoms with Crippen molar-refractivity contribution in [1.82, 2.24) is 4.90 Å². The number of allylic oxidation sites excluding steroid dienone is 1. The number of methoxy groups -OCH3 is 1. The summed E-state index contributed by atoms with van der Waals surface area (Å²) in [6.45, 7) is 1.20. The molecule has 2 aliphatic heterocycles. The molecule has 2 amide bonds. The molecule has 8 atom stereocenters. The molecule has 338 valence electrons. The highest BCUT2D eigenvalue weighted by Crippen LogP contribution is 2.31. The van der Waals surface area contributed by atoms with E-state index in [0.29, 0.717) is 12.0 Å².